The lowest BCUT2D eigenvalue weighted by Gasteiger charge is -2.26. The van der Waals surface area contributed by atoms with Crippen molar-refractivity contribution in [2.45, 2.75) is 12.2 Å². The summed E-state index contributed by atoms with van der Waals surface area (Å²) in [6, 6.07) is 21.3. The molecule has 2 aliphatic rings. The fourth-order valence-corrected chi connectivity index (χ4v) is 5.45. The number of fused-ring (bicyclic) bond motifs is 2. The lowest BCUT2D eigenvalue weighted by atomic mass is 9.88. The minimum absolute atomic E-state index is 0.00407. The van der Waals surface area contributed by atoms with Crippen molar-refractivity contribution in [2.75, 3.05) is 6.79 Å². The van der Waals surface area contributed by atoms with Crippen LogP contribution in [0.2, 0.25) is 0 Å². The van der Waals surface area contributed by atoms with Crippen LogP contribution < -0.4 is 9.47 Å². The maximum absolute atomic E-state index is 13.2. The Kier molecular flexibility index (Phi) is 7.92. The van der Waals surface area contributed by atoms with Crippen LogP contribution in [-0.4, -0.2) is 42.7 Å². The summed E-state index contributed by atoms with van der Waals surface area (Å²) in [4.78, 5) is 43.5. The van der Waals surface area contributed by atoms with Crippen LogP contribution in [0.4, 0.5) is 11.4 Å². The molecule has 1 unspecified atom stereocenters. The molecule has 14 nitrogen and oxygen atoms in total. The number of benzene rings is 4. The molecule has 7 rings (SSSR count). The van der Waals surface area contributed by atoms with Crippen LogP contribution in [0, 0.1) is 20.2 Å². The van der Waals surface area contributed by atoms with E-state index >= 15 is 0 Å². The van der Waals surface area contributed by atoms with E-state index < -0.39 is 21.6 Å². The van der Waals surface area contributed by atoms with Crippen LogP contribution in [0.3, 0.4) is 0 Å². The summed E-state index contributed by atoms with van der Waals surface area (Å²) in [5.41, 5.74) is 3.62. The van der Waals surface area contributed by atoms with Crippen molar-refractivity contribution >= 4 is 52.0 Å². The van der Waals surface area contributed by atoms with Crippen molar-refractivity contribution < 1.29 is 38.8 Å². The van der Waals surface area contributed by atoms with E-state index in [0.29, 0.717) is 51.1 Å². The lowest BCUT2D eigenvalue weighted by molar-refractivity contribution is -0.385. The van der Waals surface area contributed by atoms with Crippen LogP contribution in [0.25, 0.3) is 16.6 Å². The Labute approximate surface area is 262 Å². The lowest BCUT2D eigenvalue weighted by Crippen LogP contribution is -2.29. The maximum atomic E-state index is 13.2. The van der Waals surface area contributed by atoms with Crippen LogP contribution >= 0.6 is 11.7 Å². The number of aldehydes is 1. The first-order valence-electron chi connectivity index (χ1n) is 13.4. The maximum Gasteiger partial charge on any atom is 0.342 e. The number of esters is 1. The molecule has 0 aliphatic carbocycles. The molecule has 0 bridgehead atoms. The van der Waals surface area contributed by atoms with Crippen molar-refractivity contribution in [2.24, 2.45) is 0 Å². The number of nitro groups is 2. The Morgan fingerprint density at radius 1 is 0.848 bits per heavy atom. The number of non-ortho nitro benzene ring substituents is 2. The molecule has 0 fully saturated rings. The topological polar surface area (TPSA) is 194 Å². The van der Waals surface area contributed by atoms with Gasteiger partial charge in [0.2, 0.25) is 6.79 Å². The second-order valence-corrected chi connectivity index (χ2v) is 10.5. The number of nitro benzene ring substituents is 2. The summed E-state index contributed by atoms with van der Waals surface area (Å²) in [5.74, 6) is -1.86. The Hall–Kier alpha value is -6.06. The monoisotopic (exact) mass is 640 g/mol. The number of hydrogen-bond acceptors (Lipinski definition) is 13. The summed E-state index contributed by atoms with van der Waals surface area (Å²) in [5, 5.41) is 33.0. The van der Waals surface area contributed by atoms with Gasteiger partial charge < -0.3 is 19.3 Å². The van der Waals surface area contributed by atoms with E-state index in [4.69, 9.17) is 14.2 Å². The van der Waals surface area contributed by atoms with Crippen molar-refractivity contribution in [1.29, 1.82) is 0 Å². The van der Waals surface area contributed by atoms with E-state index in [2.05, 4.69) is 8.75 Å². The van der Waals surface area contributed by atoms with Gasteiger partial charge in [0.15, 0.2) is 11.5 Å². The fraction of sp³-hybridized carbons (Fsp3) is 0.0968. The normalized spacial score (nSPS) is 16.5. The molecular weight excluding hydrogens is 620 g/mol. The summed E-state index contributed by atoms with van der Waals surface area (Å²) in [6.07, 6.45) is 0.737. The van der Waals surface area contributed by atoms with Crippen LogP contribution in [-0.2, 0) is 21.7 Å². The van der Waals surface area contributed by atoms with Crippen LogP contribution in [0.5, 0.6) is 11.5 Å². The summed E-state index contributed by atoms with van der Waals surface area (Å²) >= 11 is 1.06. The van der Waals surface area contributed by atoms with E-state index in [0.717, 1.165) is 11.7 Å². The van der Waals surface area contributed by atoms with Crippen molar-refractivity contribution in [3.05, 3.63) is 133 Å². The standard InChI is InChI=1S/C24H15N3O7S.C7H5NO3/c28-23-22(14-3-7-18-19(10-14)26-35-25-18)17(9-13-1-5-16(6-2-13)27(30)31)24(29,34-23)15-4-8-20-21(11-15)33-12-32-20;9-5-6-1-3-7(4-2-6)8(10)11/h1-8,10-11,29H,9,12H2;1-5H. The summed E-state index contributed by atoms with van der Waals surface area (Å²) in [7, 11) is 0. The molecule has 3 heterocycles. The number of nitrogens with zero attached hydrogens (tertiary/aromatic N) is 4. The highest BCUT2D eigenvalue weighted by atomic mass is 32.1. The average molecular weight is 641 g/mol. The molecule has 0 radical (unpaired) electrons. The SMILES string of the molecule is O=C1OC(O)(c2ccc3c(c2)OCO3)C(Cc2ccc([N+](=O)[O-])cc2)=C1c1ccc2nsnc2c1.O=Cc1ccc([N+](=O)[O-])cc1. The molecule has 0 amide bonds. The number of aromatic nitrogens is 2. The zero-order valence-corrected chi connectivity index (χ0v) is 24.2. The summed E-state index contributed by atoms with van der Waals surface area (Å²) in [6.45, 7) is 0.0510. The molecule has 15 heteroatoms. The third-order valence-electron chi connectivity index (χ3n) is 7.23. The zero-order valence-electron chi connectivity index (χ0n) is 23.4. The van der Waals surface area contributed by atoms with Gasteiger partial charge >= 0.3 is 5.97 Å². The minimum atomic E-state index is -2.09. The number of carbonyl (C=O) groups excluding carboxylic acids is 2. The van der Waals surface area contributed by atoms with Gasteiger partial charge in [0.1, 0.15) is 17.3 Å². The Bertz CT molecular complexity index is 2040. The zero-order chi connectivity index (χ0) is 32.4. The van der Waals surface area contributed by atoms with E-state index in [1.165, 1.54) is 36.4 Å². The second kappa shape index (κ2) is 12.1. The van der Waals surface area contributed by atoms with E-state index in [-0.39, 0.29) is 35.7 Å². The molecule has 46 heavy (non-hydrogen) atoms. The van der Waals surface area contributed by atoms with Crippen LogP contribution in [0.15, 0.2) is 90.5 Å². The molecule has 1 aromatic heterocycles. The van der Waals surface area contributed by atoms with Crippen molar-refractivity contribution in [3.63, 3.8) is 0 Å². The van der Waals surface area contributed by atoms with Crippen molar-refractivity contribution in [3.8, 4) is 11.5 Å². The summed E-state index contributed by atoms with van der Waals surface area (Å²) < 4.78 is 24.8. The van der Waals surface area contributed by atoms with E-state index in [9.17, 15) is 34.9 Å². The third-order valence-corrected chi connectivity index (χ3v) is 7.79. The van der Waals surface area contributed by atoms with Gasteiger partial charge in [-0.05, 0) is 53.6 Å². The highest BCUT2D eigenvalue weighted by molar-refractivity contribution is 7.00. The fourth-order valence-electron chi connectivity index (χ4n) is 4.93. The first-order valence-corrected chi connectivity index (χ1v) is 14.1. The van der Waals surface area contributed by atoms with Gasteiger partial charge in [-0.1, -0.05) is 18.2 Å². The van der Waals surface area contributed by atoms with Gasteiger partial charge in [-0.3, -0.25) is 25.0 Å². The van der Waals surface area contributed by atoms with Gasteiger partial charge in [-0.15, -0.1) is 0 Å². The van der Waals surface area contributed by atoms with Gasteiger partial charge in [0.25, 0.3) is 17.2 Å². The predicted molar refractivity (Wildman–Crippen MR) is 162 cm³/mol. The minimum Gasteiger partial charge on any atom is -0.454 e. The molecule has 0 saturated heterocycles. The first kappa shape index (κ1) is 30.0. The molecular formula is C31H20N4O10S. The number of carbonyl (C=O) groups is 2. The number of rotatable bonds is 7. The molecule has 0 saturated carbocycles. The highest BCUT2D eigenvalue weighted by Crippen LogP contribution is 2.47. The molecule has 1 N–H and O–H groups in total. The van der Waals surface area contributed by atoms with E-state index in [1.807, 2.05) is 0 Å². The Morgan fingerprint density at radius 3 is 2.17 bits per heavy atom. The van der Waals surface area contributed by atoms with Gasteiger partial charge in [0, 0.05) is 47.4 Å². The predicted octanol–water partition coefficient (Wildman–Crippen LogP) is 5.13. The highest BCUT2D eigenvalue weighted by Gasteiger charge is 2.48. The molecule has 230 valence electrons. The quantitative estimate of drug-likeness (QED) is 0.107. The first-order chi connectivity index (χ1) is 22.2. The Balaban J connectivity index is 0.000000288. The molecule has 0 spiro atoms. The number of cyclic esters (lactones) is 1. The molecule has 2 aliphatic heterocycles. The van der Waals surface area contributed by atoms with Gasteiger partial charge in [0.05, 0.1) is 27.1 Å². The molecule has 5 aromatic rings. The second-order valence-electron chi connectivity index (χ2n) is 9.99. The smallest absolute Gasteiger partial charge is 0.342 e. The number of aliphatic hydroxyl groups is 1. The van der Waals surface area contributed by atoms with Gasteiger partial charge in [-0.2, -0.15) is 8.75 Å². The average Bonchev–Trinajstić information content (AvgIpc) is 3.79. The van der Waals surface area contributed by atoms with E-state index in [1.54, 1.807) is 48.5 Å². The number of ether oxygens (including phenoxy) is 3. The Morgan fingerprint density at radius 2 is 1.50 bits per heavy atom. The molecule has 4 aromatic carbocycles. The van der Waals surface area contributed by atoms with Crippen LogP contribution in [0.1, 0.15) is 27.0 Å². The molecule has 1 atom stereocenters. The van der Waals surface area contributed by atoms with Gasteiger partial charge in [-0.25, -0.2) is 4.79 Å². The third kappa shape index (κ3) is 5.74. The van der Waals surface area contributed by atoms with Crippen molar-refractivity contribution in [1.82, 2.24) is 8.75 Å². The largest absolute Gasteiger partial charge is 0.454 e. The number of hydrogen-bond donors (Lipinski definition) is 1.